The summed E-state index contributed by atoms with van der Waals surface area (Å²) >= 11 is 0. The highest BCUT2D eigenvalue weighted by molar-refractivity contribution is 5.63. The molecule has 0 fully saturated rings. The Balaban J connectivity index is 2.46. The Morgan fingerprint density at radius 3 is 2.85 bits per heavy atom. The quantitative estimate of drug-likeness (QED) is 0.909. The molecule has 0 aliphatic heterocycles. The van der Waals surface area contributed by atoms with Crippen molar-refractivity contribution in [2.24, 2.45) is 0 Å². The van der Waals surface area contributed by atoms with Gasteiger partial charge in [0, 0.05) is 17.3 Å². The fourth-order valence-corrected chi connectivity index (χ4v) is 2.02. The number of nitrogens with zero attached hydrogens (tertiary/aromatic N) is 2. The molecule has 1 N–H and O–H groups in total. The lowest BCUT2D eigenvalue weighted by atomic mass is 9.99. The van der Waals surface area contributed by atoms with E-state index in [2.05, 4.69) is 15.0 Å². The molecule has 0 amide bonds. The van der Waals surface area contributed by atoms with Crippen LogP contribution in [-0.4, -0.2) is 21.6 Å². The summed E-state index contributed by atoms with van der Waals surface area (Å²) in [5.74, 6) is 0.781. The molecule has 2 aromatic heterocycles. The maximum Gasteiger partial charge on any atom is 0.254 e. The molecule has 0 bridgehead atoms. The fourth-order valence-electron chi connectivity index (χ4n) is 2.02. The van der Waals surface area contributed by atoms with Crippen LogP contribution in [0.25, 0.3) is 11.3 Å². The minimum Gasteiger partial charge on any atom is -0.492 e. The van der Waals surface area contributed by atoms with Gasteiger partial charge in [0.05, 0.1) is 24.8 Å². The normalized spacial score (nSPS) is 10.8. The Morgan fingerprint density at radius 2 is 2.15 bits per heavy atom. The van der Waals surface area contributed by atoms with Crippen molar-refractivity contribution in [3.63, 3.8) is 0 Å². The fraction of sp³-hybridized carbons (Fsp3) is 0.400. The number of pyridine rings is 1. The molecule has 0 aliphatic rings. The van der Waals surface area contributed by atoms with Crippen molar-refractivity contribution >= 4 is 0 Å². The summed E-state index contributed by atoms with van der Waals surface area (Å²) in [6.45, 7) is 6.64. The Hall–Kier alpha value is -2.17. The van der Waals surface area contributed by atoms with Crippen molar-refractivity contribution in [1.82, 2.24) is 15.0 Å². The van der Waals surface area contributed by atoms with Crippen molar-refractivity contribution < 1.29 is 4.74 Å². The van der Waals surface area contributed by atoms with Crippen LogP contribution < -0.4 is 10.3 Å². The van der Waals surface area contributed by atoms with Gasteiger partial charge in [0.15, 0.2) is 0 Å². The molecule has 0 saturated heterocycles. The Kier molecular flexibility index (Phi) is 4.50. The van der Waals surface area contributed by atoms with E-state index >= 15 is 0 Å². The molecule has 0 spiro atoms. The lowest BCUT2D eigenvalue weighted by Crippen LogP contribution is -2.16. The summed E-state index contributed by atoms with van der Waals surface area (Å²) in [6.07, 6.45) is 5.72. The summed E-state index contributed by atoms with van der Waals surface area (Å²) in [6, 6.07) is 1.87. The average Bonchev–Trinajstić information content (AvgIpc) is 2.44. The van der Waals surface area contributed by atoms with E-state index in [0.717, 1.165) is 12.0 Å². The lowest BCUT2D eigenvalue weighted by molar-refractivity contribution is 0.316. The monoisotopic (exact) mass is 273 g/mol. The first kappa shape index (κ1) is 14.2. The third-order valence-corrected chi connectivity index (χ3v) is 2.93. The van der Waals surface area contributed by atoms with E-state index in [-0.39, 0.29) is 11.5 Å². The van der Waals surface area contributed by atoms with E-state index in [9.17, 15) is 4.79 Å². The van der Waals surface area contributed by atoms with Crippen LogP contribution in [0.1, 0.15) is 38.7 Å². The Bertz CT molecular complexity index is 635. The van der Waals surface area contributed by atoms with E-state index in [1.54, 1.807) is 12.4 Å². The first-order valence-electron chi connectivity index (χ1n) is 6.79. The Morgan fingerprint density at radius 1 is 1.35 bits per heavy atom. The van der Waals surface area contributed by atoms with Gasteiger partial charge in [0.25, 0.3) is 5.56 Å². The maximum absolute atomic E-state index is 12.0. The number of hydrogen-bond donors (Lipinski definition) is 1. The number of rotatable bonds is 5. The predicted molar refractivity (Wildman–Crippen MR) is 78.0 cm³/mol. The first-order chi connectivity index (χ1) is 9.63. The van der Waals surface area contributed by atoms with Crippen LogP contribution in [0.3, 0.4) is 0 Å². The second-order valence-electron chi connectivity index (χ2n) is 4.91. The number of H-pyrrole nitrogens is 1. The van der Waals surface area contributed by atoms with Crippen LogP contribution in [0, 0.1) is 0 Å². The van der Waals surface area contributed by atoms with Gasteiger partial charge in [-0.2, -0.15) is 0 Å². The molecule has 0 atom stereocenters. The molecule has 0 saturated carbocycles. The van der Waals surface area contributed by atoms with Crippen molar-refractivity contribution in [1.29, 1.82) is 0 Å². The van der Waals surface area contributed by atoms with Crippen molar-refractivity contribution in [2.45, 2.75) is 33.1 Å². The Labute approximate surface area is 118 Å². The zero-order chi connectivity index (χ0) is 14.5. The van der Waals surface area contributed by atoms with E-state index < -0.39 is 0 Å². The lowest BCUT2D eigenvalue weighted by Gasteiger charge is -2.11. The van der Waals surface area contributed by atoms with Crippen LogP contribution >= 0.6 is 0 Å². The molecule has 0 aliphatic carbocycles. The third kappa shape index (κ3) is 3.04. The minimum absolute atomic E-state index is 0.0858. The zero-order valence-corrected chi connectivity index (χ0v) is 12.0. The maximum atomic E-state index is 12.0. The summed E-state index contributed by atoms with van der Waals surface area (Å²) in [5, 5.41) is 0. The van der Waals surface area contributed by atoms with Crippen LogP contribution in [0.15, 0.2) is 29.6 Å². The van der Waals surface area contributed by atoms with Crippen LogP contribution in [-0.2, 0) is 0 Å². The zero-order valence-electron chi connectivity index (χ0n) is 12.0. The number of aromatic nitrogens is 3. The number of nitrogens with one attached hydrogen (secondary N) is 1. The predicted octanol–water partition coefficient (Wildman–Crippen LogP) is 2.74. The topological polar surface area (TPSA) is 67.9 Å². The molecule has 2 heterocycles. The molecule has 106 valence electrons. The van der Waals surface area contributed by atoms with Gasteiger partial charge in [-0.25, -0.2) is 4.98 Å². The van der Waals surface area contributed by atoms with Crippen molar-refractivity contribution in [3.05, 3.63) is 40.7 Å². The molecule has 0 radical (unpaired) electrons. The molecule has 2 rings (SSSR count). The highest BCUT2D eigenvalue weighted by Crippen LogP contribution is 2.26. The first-order valence-corrected chi connectivity index (χ1v) is 6.79. The van der Waals surface area contributed by atoms with E-state index in [1.165, 1.54) is 6.33 Å². The summed E-state index contributed by atoms with van der Waals surface area (Å²) < 4.78 is 5.57. The van der Waals surface area contributed by atoms with Gasteiger partial charge >= 0.3 is 0 Å². The standard InChI is InChI=1S/C15H19N3O2/c1-4-5-20-12-6-11(7-16-8-12)14-13(10(2)3)15(19)18-9-17-14/h6-10H,4-5H2,1-3H3,(H,17,18,19). The third-order valence-electron chi connectivity index (χ3n) is 2.93. The van der Waals surface area contributed by atoms with Crippen molar-refractivity contribution in [2.75, 3.05) is 6.61 Å². The van der Waals surface area contributed by atoms with Crippen LogP contribution in [0.4, 0.5) is 0 Å². The molecule has 5 nitrogen and oxygen atoms in total. The minimum atomic E-state index is -0.107. The number of hydrogen-bond acceptors (Lipinski definition) is 4. The second kappa shape index (κ2) is 6.32. The highest BCUT2D eigenvalue weighted by atomic mass is 16.5. The average molecular weight is 273 g/mol. The van der Waals surface area contributed by atoms with Gasteiger partial charge in [0.1, 0.15) is 5.75 Å². The molecule has 0 aromatic carbocycles. The number of aromatic amines is 1. The largest absolute Gasteiger partial charge is 0.492 e. The van der Waals surface area contributed by atoms with Gasteiger partial charge in [-0.05, 0) is 18.4 Å². The van der Waals surface area contributed by atoms with E-state index in [4.69, 9.17) is 4.74 Å². The van der Waals surface area contributed by atoms with Crippen LogP contribution in [0.5, 0.6) is 5.75 Å². The summed E-state index contributed by atoms with van der Waals surface area (Å²) in [7, 11) is 0. The van der Waals surface area contributed by atoms with Crippen molar-refractivity contribution in [3.8, 4) is 17.0 Å². The molecular formula is C15H19N3O2. The van der Waals surface area contributed by atoms with E-state index in [1.807, 2.05) is 26.8 Å². The summed E-state index contributed by atoms with van der Waals surface area (Å²) in [5.41, 5.74) is 2.03. The molecule has 2 aromatic rings. The van der Waals surface area contributed by atoms with Crippen LogP contribution in [0.2, 0.25) is 0 Å². The molecule has 20 heavy (non-hydrogen) atoms. The molecular weight excluding hydrogens is 254 g/mol. The van der Waals surface area contributed by atoms with Gasteiger partial charge in [0.2, 0.25) is 0 Å². The van der Waals surface area contributed by atoms with Gasteiger partial charge in [-0.15, -0.1) is 0 Å². The van der Waals surface area contributed by atoms with Gasteiger partial charge in [-0.3, -0.25) is 9.78 Å². The second-order valence-corrected chi connectivity index (χ2v) is 4.91. The summed E-state index contributed by atoms with van der Waals surface area (Å²) in [4.78, 5) is 23.1. The SMILES string of the molecule is CCCOc1cncc(-c2nc[nH]c(=O)c2C(C)C)c1. The molecule has 0 unspecified atom stereocenters. The molecule has 5 heteroatoms. The smallest absolute Gasteiger partial charge is 0.254 e. The van der Waals surface area contributed by atoms with E-state index in [0.29, 0.717) is 23.6 Å². The number of ether oxygens (including phenoxy) is 1. The highest BCUT2D eigenvalue weighted by Gasteiger charge is 2.14. The van der Waals surface area contributed by atoms with Gasteiger partial charge in [-0.1, -0.05) is 20.8 Å². The van der Waals surface area contributed by atoms with Gasteiger partial charge < -0.3 is 9.72 Å².